The lowest BCUT2D eigenvalue weighted by molar-refractivity contribution is 0.512. The maximum Gasteiger partial charge on any atom is 0.146 e. The molecule has 0 amide bonds. The van der Waals surface area contributed by atoms with E-state index in [1.54, 1.807) is 6.07 Å². The SMILES string of the molecule is CCCN1CC(C)Cc2cccc(F)c21. The predicted molar refractivity (Wildman–Crippen MR) is 61.8 cm³/mol. The number of halogens is 1. The molecule has 0 saturated carbocycles. The van der Waals surface area contributed by atoms with Crippen molar-refractivity contribution in [1.29, 1.82) is 0 Å². The van der Waals surface area contributed by atoms with E-state index in [4.69, 9.17) is 0 Å². The zero-order valence-electron chi connectivity index (χ0n) is 9.46. The van der Waals surface area contributed by atoms with Gasteiger partial charge in [0.1, 0.15) is 5.82 Å². The van der Waals surface area contributed by atoms with Crippen molar-refractivity contribution < 1.29 is 4.39 Å². The number of anilines is 1. The summed E-state index contributed by atoms with van der Waals surface area (Å²) < 4.78 is 13.7. The zero-order valence-corrected chi connectivity index (χ0v) is 9.46. The molecule has 15 heavy (non-hydrogen) atoms. The molecule has 0 N–H and O–H groups in total. The van der Waals surface area contributed by atoms with E-state index in [2.05, 4.69) is 24.8 Å². The number of hydrogen-bond acceptors (Lipinski definition) is 1. The van der Waals surface area contributed by atoms with Crippen molar-refractivity contribution in [2.45, 2.75) is 26.7 Å². The maximum absolute atomic E-state index is 13.7. The van der Waals surface area contributed by atoms with Crippen LogP contribution in [0, 0.1) is 11.7 Å². The van der Waals surface area contributed by atoms with E-state index in [1.807, 2.05) is 6.07 Å². The summed E-state index contributed by atoms with van der Waals surface area (Å²) in [6.45, 7) is 6.32. The Balaban J connectivity index is 2.38. The van der Waals surface area contributed by atoms with Crippen LogP contribution in [0.5, 0.6) is 0 Å². The minimum atomic E-state index is -0.0622. The molecule has 1 nitrogen and oxygen atoms in total. The molecule has 0 saturated heterocycles. The van der Waals surface area contributed by atoms with Crippen molar-refractivity contribution in [3.8, 4) is 0 Å². The van der Waals surface area contributed by atoms with Crippen LogP contribution in [0.3, 0.4) is 0 Å². The van der Waals surface area contributed by atoms with Crippen molar-refractivity contribution in [1.82, 2.24) is 0 Å². The Bertz CT molecular complexity index is 348. The highest BCUT2D eigenvalue weighted by atomic mass is 19.1. The molecule has 0 bridgehead atoms. The van der Waals surface area contributed by atoms with E-state index < -0.39 is 0 Å². The molecule has 2 rings (SSSR count). The third kappa shape index (κ3) is 1.99. The van der Waals surface area contributed by atoms with Crippen LogP contribution in [-0.4, -0.2) is 13.1 Å². The highest BCUT2D eigenvalue weighted by molar-refractivity contribution is 5.56. The van der Waals surface area contributed by atoms with Crippen LogP contribution in [0.15, 0.2) is 18.2 Å². The van der Waals surface area contributed by atoms with E-state index in [0.29, 0.717) is 5.92 Å². The Morgan fingerprint density at radius 3 is 3.00 bits per heavy atom. The summed E-state index contributed by atoms with van der Waals surface area (Å²) in [7, 11) is 0. The van der Waals surface area contributed by atoms with Crippen LogP contribution in [0.25, 0.3) is 0 Å². The minimum absolute atomic E-state index is 0.0622. The van der Waals surface area contributed by atoms with E-state index in [-0.39, 0.29) is 5.82 Å². The summed E-state index contributed by atoms with van der Waals surface area (Å²) in [4.78, 5) is 2.19. The highest BCUT2D eigenvalue weighted by Crippen LogP contribution is 2.31. The highest BCUT2D eigenvalue weighted by Gasteiger charge is 2.23. The van der Waals surface area contributed by atoms with Gasteiger partial charge in [0.25, 0.3) is 0 Å². The molecular weight excluding hydrogens is 189 g/mol. The average molecular weight is 207 g/mol. The van der Waals surface area contributed by atoms with Gasteiger partial charge in [-0.15, -0.1) is 0 Å². The predicted octanol–water partition coefficient (Wildman–Crippen LogP) is 3.23. The normalized spacial score (nSPS) is 20.2. The number of hydrogen-bond donors (Lipinski definition) is 0. The molecule has 1 aliphatic heterocycles. The molecular formula is C13H18FN. The van der Waals surface area contributed by atoms with Gasteiger partial charge in [-0.2, -0.15) is 0 Å². The molecule has 0 aromatic heterocycles. The smallest absolute Gasteiger partial charge is 0.146 e. The van der Waals surface area contributed by atoms with Gasteiger partial charge in [-0.05, 0) is 30.4 Å². The van der Waals surface area contributed by atoms with E-state index in [1.165, 1.54) is 5.56 Å². The fraction of sp³-hybridized carbons (Fsp3) is 0.538. The van der Waals surface area contributed by atoms with E-state index in [9.17, 15) is 4.39 Å². The second-order valence-corrected chi connectivity index (χ2v) is 4.50. The molecule has 1 atom stereocenters. The first-order valence-corrected chi connectivity index (χ1v) is 5.74. The van der Waals surface area contributed by atoms with Crippen molar-refractivity contribution in [2.75, 3.05) is 18.0 Å². The van der Waals surface area contributed by atoms with Gasteiger partial charge in [-0.1, -0.05) is 26.0 Å². The molecule has 0 radical (unpaired) electrons. The first-order valence-electron chi connectivity index (χ1n) is 5.74. The molecule has 82 valence electrons. The Labute approximate surface area is 90.9 Å². The molecule has 1 aliphatic rings. The van der Waals surface area contributed by atoms with Gasteiger partial charge in [0.15, 0.2) is 0 Å². The quantitative estimate of drug-likeness (QED) is 0.719. The van der Waals surface area contributed by atoms with Gasteiger partial charge in [-0.25, -0.2) is 4.39 Å². The summed E-state index contributed by atoms with van der Waals surface area (Å²) in [6, 6.07) is 5.44. The Morgan fingerprint density at radius 2 is 2.27 bits per heavy atom. The summed E-state index contributed by atoms with van der Waals surface area (Å²) in [6.07, 6.45) is 2.08. The van der Waals surface area contributed by atoms with Crippen molar-refractivity contribution in [2.24, 2.45) is 5.92 Å². The van der Waals surface area contributed by atoms with Crippen molar-refractivity contribution >= 4 is 5.69 Å². The van der Waals surface area contributed by atoms with Gasteiger partial charge in [-0.3, -0.25) is 0 Å². The third-order valence-corrected chi connectivity index (χ3v) is 2.98. The van der Waals surface area contributed by atoms with E-state index in [0.717, 1.165) is 31.6 Å². The van der Waals surface area contributed by atoms with Crippen molar-refractivity contribution in [3.05, 3.63) is 29.6 Å². The van der Waals surface area contributed by atoms with Crippen LogP contribution < -0.4 is 4.90 Å². The van der Waals surface area contributed by atoms with Crippen LogP contribution in [0.4, 0.5) is 10.1 Å². The Hall–Kier alpha value is -1.05. The van der Waals surface area contributed by atoms with Gasteiger partial charge in [0.05, 0.1) is 5.69 Å². The van der Waals surface area contributed by atoms with Crippen LogP contribution in [0.1, 0.15) is 25.8 Å². The molecule has 1 unspecified atom stereocenters. The summed E-state index contributed by atoms with van der Waals surface area (Å²) in [5.41, 5.74) is 2.01. The molecule has 1 aromatic carbocycles. The van der Waals surface area contributed by atoms with Gasteiger partial charge < -0.3 is 4.90 Å². The number of nitrogens with zero attached hydrogens (tertiary/aromatic N) is 1. The lowest BCUT2D eigenvalue weighted by atomic mass is 9.93. The summed E-state index contributed by atoms with van der Waals surface area (Å²) >= 11 is 0. The fourth-order valence-corrected chi connectivity index (χ4v) is 2.46. The lowest BCUT2D eigenvalue weighted by Gasteiger charge is -2.34. The first-order chi connectivity index (χ1) is 7.22. The van der Waals surface area contributed by atoms with Gasteiger partial charge in [0.2, 0.25) is 0 Å². The third-order valence-electron chi connectivity index (χ3n) is 2.98. The number of rotatable bonds is 2. The topological polar surface area (TPSA) is 3.24 Å². The van der Waals surface area contributed by atoms with Crippen molar-refractivity contribution in [3.63, 3.8) is 0 Å². The number of benzene rings is 1. The Morgan fingerprint density at radius 1 is 1.47 bits per heavy atom. The monoisotopic (exact) mass is 207 g/mol. The second-order valence-electron chi connectivity index (χ2n) is 4.50. The van der Waals surface area contributed by atoms with E-state index >= 15 is 0 Å². The van der Waals surface area contributed by atoms with Crippen LogP contribution in [0.2, 0.25) is 0 Å². The lowest BCUT2D eigenvalue weighted by Crippen LogP contribution is -2.35. The molecule has 2 heteroatoms. The summed E-state index contributed by atoms with van der Waals surface area (Å²) in [5.74, 6) is 0.568. The van der Waals surface area contributed by atoms with Crippen LogP contribution >= 0.6 is 0 Å². The second kappa shape index (κ2) is 4.21. The Kier molecular flexibility index (Phi) is 2.94. The zero-order chi connectivity index (χ0) is 10.8. The van der Waals surface area contributed by atoms with Gasteiger partial charge in [0, 0.05) is 13.1 Å². The first kappa shape index (κ1) is 10.5. The molecule has 1 heterocycles. The minimum Gasteiger partial charge on any atom is -0.369 e. The maximum atomic E-state index is 13.7. The van der Waals surface area contributed by atoms with Gasteiger partial charge >= 0.3 is 0 Å². The van der Waals surface area contributed by atoms with Crippen LogP contribution in [-0.2, 0) is 6.42 Å². The molecule has 1 aromatic rings. The largest absolute Gasteiger partial charge is 0.369 e. The number of para-hydroxylation sites is 1. The average Bonchev–Trinajstić information content (AvgIpc) is 2.17. The molecule has 0 aliphatic carbocycles. The molecule has 0 spiro atoms. The molecule has 0 fully saturated rings. The number of fused-ring (bicyclic) bond motifs is 1. The fourth-order valence-electron chi connectivity index (χ4n) is 2.46. The standard InChI is InChI=1S/C13H18FN/c1-3-7-15-9-10(2)8-11-5-4-6-12(14)13(11)15/h4-6,10H,3,7-9H2,1-2H3. The summed E-state index contributed by atoms with van der Waals surface area (Å²) in [5, 5.41) is 0.